The molecule has 0 aromatic carbocycles. The Balaban J connectivity index is 2.20. The monoisotopic (exact) mass is 159 g/mol. The lowest BCUT2D eigenvalue weighted by molar-refractivity contribution is -0.108. The van der Waals surface area contributed by atoms with Crippen LogP contribution in [0.4, 0.5) is 0 Å². The van der Waals surface area contributed by atoms with Crippen molar-refractivity contribution in [2.75, 3.05) is 7.05 Å². The van der Waals surface area contributed by atoms with E-state index in [4.69, 9.17) is 9.84 Å². The number of carbonyl (C=O) groups excluding carboxylic acids is 1. The molecule has 64 valence electrons. The van der Waals surface area contributed by atoms with Gasteiger partial charge in [-0.1, -0.05) is 0 Å². The normalized spacial score (nSPS) is 31.5. The molecule has 1 aliphatic heterocycles. The maximum absolute atomic E-state index is 10.0. The van der Waals surface area contributed by atoms with Crippen LogP contribution >= 0.6 is 0 Å². The molecule has 1 fully saturated rings. The van der Waals surface area contributed by atoms with E-state index in [2.05, 4.69) is 5.32 Å². The summed E-state index contributed by atoms with van der Waals surface area (Å²) in [5, 5.41) is 11.9. The fourth-order valence-corrected chi connectivity index (χ4v) is 1.13. The van der Waals surface area contributed by atoms with Crippen molar-refractivity contribution in [1.82, 2.24) is 5.32 Å². The first kappa shape index (κ1) is 8.64. The van der Waals surface area contributed by atoms with Gasteiger partial charge >= 0.3 is 0 Å². The first-order valence-electron chi connectivity index (χ1n) is 3.74. The van der Waals surface area contributed by atoms with Crippen LogP contribution < -0.4 is 5.32 Å². The Labute approximate surface area is 65.5 Å². The highest BCUT2D eigenvalue weighted by molar-refractivity contribution is 5.49. The highest BCUT2D eigenvalue weighted by Crippen LogP contribution is 2.24. The van der Waals surface area contributed by atoms with Gasteiger partial charge in [0.05, 0.1) is 0 Å². The molecule has 0 spiro atoms. The molecule has 4 heteroatoms. The number of nitrogens with one attached hydrogen (secondary N) is 1. The Morgan fingerprint density at radius 2 is 2.45 bits per heavy atom. The smallest absolute Gasteiger partial charge is 0.183 e. The summed E-state index contributed by atoms with van der Waals surface area (Å²) >= 11 is 0. The van der Waals surface area contributed by atoms with E-state index < -0.39 is 6.29 Å². The number of aliphatic hydroxyl groups excluding tert-OH is 1. The van der Waals surface area contributed by atoms with Gasteiger partial charge < -0.3 is 20.0 Å². The summed E-state index contributed by atoms with van der Waals surface area (Å²) < 4.78 is 4.84. The third-order valence-corrected chi connectivity index (χ3v) is 1.86. The van der Waals surface area contributed by atoms with Gasteiger partial charge in [-0.3, -0.25) is 0 Å². The summed E-state index contributed by atoms with van der Waals surface area (Å²) in [5.74, 6) is 0. The number of aliphatic hydroxyl groups is 1. The van der Waals surface area contributed by atoms with Crippen LogP contribution in [-0.2, 0) is 9.53 Å². The van der Waals surface area contributed by atoms with Gasteiger partial charge in [-0.05, 0) is 13.5 Å². The van der Waals surface area contributed by atoms with E-state index in [1.54, 1.807) is 7.05 Å². The molecule has 0 bridgehead atoms. The minimum absolute atomic E-state index is 0.107. The van der Waals surface area contributed by atoms with Crippen LogP contribution in [0.5, 0.6) is 0 Å². The molecule has 1 heterocycles. The third kappa shape index (κ3) is 2.25. The highest BCUT2D eigenvalue weighted by atomic mass is 16.7. The second-order valence-corrected chi connectivity index (χ2v) is 2.63. The van der Waals surface area contributed by atoms with E-state index in [-0.39, 0.29) is 12.1 Å². The van der Waals surface area contributed by atoms with Crippen LogP contribution in [0.1, 0.15) is 12.8 Å². The molecule has 3 atom stereocenters. The molecule has 0 aromatic rings. The molecule has 0 radical (unpaired) electrons. The van der Waals surface area contributed by atoms with Gasteiger partial charge in [0.15, 0.2) is 6.29 Å². The number of epoxide rings is 1. The zero-order chi connectivity index (χ0) is 8.27. The molecule has 0 amide bonds. The molecule has 0 aliphatic carbocycles. The number of likely N-dealkylation sites (N-methyl/N-ethyl adjacent to an activating group) is 1. The van der Waals surface area contributed by atoms with Gasteiger partial charge in [-0.25, -0.2) is 0 Å². The Morgan fingerprint density at radius 1 is 1.82 bits per heavy atom. The fourth-order valence-electron chi connectivity index (χ4n) is 1.13. The number of ether oxygens (including phenoxy) is 1. The van der Waals surface area contributed by atoms with Crippen molar-refractivity contribution in [2.24, 2.45) is 0 Å². The standard InChI is InChI=1S/C7H13NO3/c1-8-5(3-2-4-9)6-7(10)11-6/h4-8,10H,2-3H2,1H3. The SMILES string of the molecule is CNC(CCC=O)C1OC1O. The average molecular weight is 159 g/mol. The third-order valence-electron chi connectivity index (χ3n) is 1.86. The Hall–Kier alpha value is -0.450. The van der Waals surface area contributed by atoms with E-state index in [1.807, 2.05) is 0 Å². The van der Waals surface area contributed by atoms with Crippen molar-refractivity contribution in [3.05, 3.63) is 0 Å². The molecule has 1 rings (SSSR count). The molecular weight excluding hydrogens is 146 g/mol. The van der Waals surface area contributed by atoms with E-state index in [1.165, 1.54) is 0 Å². The van der Waals surface area contributed by atoms with Crippen molar-refractivity contribution in [1.29, 1.82) is 0 Å². The van der Waals surface area contributed by atoms with E-state index in [9.17, 15) is 4.79 Å². The van der Waals surface area contributed by atoms with Crippen molar-refractivity contribution in [2.45, 2.75) is 31.3 Å². The minimum atomic E-state index is -0.626. The van der Waals surface area contributed by atoms with Crippen molar-refractivity contribution in [3.8, 4) is 0 Å². The predicted molar refractivity (Wildman–Crippen MR) is 39.0 cm³/mol. The van der Waals surface area contributed by atoms with Crippen LogP contribution in [0.25, 0.3) is 0 Å². The van der Waals surface area contributed by atoms with Crippen LogP contribution in [0.2, 0.25) is 0 Å². The molecule has 3 unspecified atom stereocenters. The second-order valence-electron chi connectivity index (χ2n) is 2.63. The van der Waals surface area contributed by atoms with Gasteiger partial charge in [-0.2, -0.15) is 0 Å². The molecule has 0 saturated carbocycles. The Kier molecular flexibility index (Phi) is 2.99. The summed E-state index contributed by atoms with van der Waals surface area (Å²) in [7, 11) is 1.80. The zero-order valence-corrected chi connectivity index (χ0v) is 6.49. The van der Waals surface area contributed by atoms with Gasteiger partial charge in [0.25, 0.3) is 0 Å². The lowest BCUT2D eigenvalue weighted by Gasteiger charge is -2.10. The molecule has 2 N–H and O–H groups in total. The lowest BCUT2D eigenvalue weighted by Crippen LogP contribution is -2.32. The van der Waals surface area contributed by atoms with Crippen molar-refractivity contribution in [3.63, 3.8) is 0 Å². The number of hydrogen-bond donors (Lipinski definition) is 2. The van der Waals surface area contributed by atoms with Crippen LogP contribution in [0.15, 0.2) is 0 Å². The molecule has 4 nitrogen and oxygen atoms in total. The van der Waals surface area contributed by atoms with Gasteiger partial charge in [0.1, 0.15) is 12.4 Å². The van der Waals surface area contributed by atoms with Gasteiger partial charge in [0.2, 0.25) is 0 Å². The summed E-state index contributed by atoms with van der Waals surface area (Å²) in [4.78, 5) is 10.0. The maximum Gasteiger partial charge on any atom is 0.183 e. The first-order chi connectivity index (χ1) is 5.29. The van der Waals surface area contributed by atoms with Crippen LogP contribution in [-0.4, -0.2) is 36.9 Å². The largest absolute Gasteiger partial charge is 0.366 e. The zero-order valence-electron chi connectivity index (χ0n) is 6.49. The van der Waals surface area contributed by atoms with E-state index in [0.717, 1.165) is 12.7 Å². The quantitative estimate of drug-likeness (QED) is 0.410. The second kappa shape index (κ2) is 3.80. The van der Waals surface area contributed by atoms with Gasteiger partial charge in [-0.15, -0.1) is 0 Å². The number of hydrogen-bond acceptors (Lipinski definition) is 4. The van der Waals surface area contributed by atoms with Crippen molar-refractivity contribution >= 4 is 6.29 Å². The Bertz CT molecular complexity index is 140. The minimum Gasteiger partial charge on any atom is -0.366 e. The predicted octanol–water partition coefficient (Wildman–Crippen LogP) is -0.729. The number of carbonyl (C=O) groups is 1. The average Bonchev–Trinajstić information content (AvgIpc) is 2.69. The van der Waals surface area contributed by atoms with E-state index >= 15 is 0 Å². The lowest BCUT2D eigenvalue weighted by atomic mass is 10.1. The van der Waals surface area contributed by atoms with Crippen LogP contribution in [0.3, 0.4) is 0 Å². The number of rotatable bonds is 5. The molecule has 0 aromatic heterocycles. The summed E-state index contributed by atoms with van der Waals surface area (Å²) in [5.41, 5.74) is 0. The molecular formula is C7H13NO3. The highest BCUT2D eigenvalue weighted by Gasteiger charge is 2.42. The summed E-state index contributed by atoms with van der Waals surface area (Å²) in [6, 6.07) is 0.107. The molecule has 11 heavy (non-hydrogen) atoms. The maximum atomic E-state index is 10.0. The first-order valence-corrected chi connectivity index (χ1v) is 3.74. The topological polar surface area (TPSA) is 61.9 Å². The summed E-state index contributed by atoms with van der Waals surface area (Å²) in [6.07, 6.45) is 1.37. The number of aldehydes is 1. The van der Waals surface area contributed by atoms with E-state index in [0.29, 0.717) is 6.42 Å². The summed E-state index contributed by atoms with van der Waals surface area (Å²) in [6.45, 7) is 0. The Morgan fingerprint density at radius 3 is 2.82 bits per heavy atom. The van der Waals surface area contributed by atoms with Gasteiger partial charge in [0, 0.05) is 12.5 Å². The molecule has 1 saturated heterocycles. The van der Waals surface area contributed by atoms with Crippen LogP contribution in [0, 0.1) is 0 Å². The fraction of sp³-hybridized carbons (Fsp3) is 0.857. The van der Waals surface area contributed by atoms with Crippen molar-refractivity contribution < 1.29 is 14.6 Å². The molecule has 1 aliphatic rings.